The van der Waals surface area contributed by atoms with Gasteiger partial charge in [-0.2, -0.15) is 0 Å². The molecule has 0 saturated heterocycles. The third-order valence-corrected chi connectivity index (χ3v) is 3.75. The van der Waals surface area contributed by atoms with Crippen LogP contribution in [-0.2, 0) is 0 Å². The number of nitrogens with zero attached hydrogens (tertiary/aromatic N) is 1. The van der Waals surface area contributed by atoms with E-state index in [0.717, 1.165) is 6.42 Å². The van der Waals surface area contributed by atoms with Crippen molar-refractivity contribution in [2.45, 2.75) is 25.3 Å². The number of aliphatic hydroxyl groups is 1. The number of aliphatic hydroxyl groups excluding tert-OH is 1. The second-order valence-electron chi connectivity index (χ2n) is 3.89. The average Bonchev–Trinajstić information content (AvgIpc) is 2.83. The third-order valence-electron chi connectivity index (χ3n) is 2.84. The van der Waals surface area contributed by atoms with Gasteiger partial charge in [-0.05, 0) is 18.9 Å². The fraction of sp³-hybridized carbons (Fsp3) is 0.417. The highest BCUT2D eigenvalue weighted by Gasteiger charge is 2.14. The van der Waals surface area contributed by atoms with Crippen molar-refractivity contribution >= 4 is 11.3 Å². The molecule has 4 heteroatoms. The molecule has 0 fully saturated rings. The second kappa shape index (κ2) is 5.39. The van der Waals surface area contributed by atoms with Crippen molar-refractivity contribution in [1.82, 2.24) is 10.3 Å². The molecule has 1 aromatic rings. The summed E-state index contributed by atoms with van der Waals surface area (Å²) in [6.45, 7) is 2.07. The number of hydrogen-bond donors (Lipinski definition) is 2. The Hall–Kier alpha value is -0.970. The van der Waals surface area contributed by atoms with E-state index in [1.54, 1.807) is 11.3 Å². The molecule has 2 unspecified atom stereocenters. The van der Waals surface area contributed by atoms with Crippen molar-refractivity contribution in [3.05, 3.63) is 40.4 Å². The van der Waals surface area contributed by atoms with E-state index in [1.165, 1.54) is 10.5 Å². The van der Waals surface area contributed by atoms with Crippen LogP contribution in [-0.4, -0.2) is 22.9 Å². The Kier molecular flexibility index (Phi) is 3.88. The molecule has 0 aromatic carbocycles. The van der Waals surface area contributed by atoms with E-state index >= 15 is 0 Å². The van der Waals surface area contributed by atoms with E-state index in [0.29, 0.717) is 5.92 Å². The van der Waals surface area contributed by atoms with Crippen LogP contribution in [0.4, 0.5) is 0 Å². The van der Waals surface area contributed by atoms with Crippen LogP contribution in [0, 0.1) is 0 Å². The third kappa shape index (κ3) is 2.58. The fourth-order valence-electron chi connectivity index (χ4n) is 1.83. The highest BCUT2D eigenvalue weighted by molar-refractivity contribution is 7.09. The van der Waals surface area contributed by atoms with Crippen molar-refractivity contribution in [2.24, 2.45) is 0 Å². The molecule has 3 nitrogen and oxygen atoms in total. The largest absolute Gasteiger partial charge is 0.381 e. The standard InChI is InChI=1S/C12H16N2OS/c1-9(14-7-15)10-2-4-11(5-3-10)12-6-13-8-16-12/h2-4,6,8-9,11,14-15H,5,7H2,1H3. The van der Waals surface area contributed by atoms with Crippen LogP contribution in [0.5, 0.6) is 0 Å². The molecule has 1 aliphatic carbocycles. The van der Waals surface area contributed by atoms with Crippen molar-refractivity contribution in [3.8, 4) is 0 Å². The first kappa shape index (κ1) is 11.5. The number of allylic oxidation sites excluding steroid dienone is 2. The van der Waals surface area contributed by atoms with Gasteiger partial charge in [0, 0.05) is 23.0 Å². The van der Waals surface area contributed by atoms with Crippen LogP contribution >= 0.6 is 11.3 Å². The smallest absolute Gasteiger partial charge is 0.0936 e. The van der Waals surface area contributed by atoms with E-state index in [9.17, 15) is 0 Å². The molecule has 0 radical (unpaired) electrons. The summed E-state index contributed by atoms with van der Waals surface area (Å²) in [7, 11) is 0. The normalized spacial score (nSPS) is 21.9. The SMILES string of the molecule is CC(NCO)C1=CCC(c2cncs2)C=C1. The lowest BCUT2D eigenvalue weighted by atomic mass is 9.93. The maximum Gasteiger partial charge on any atom is 0.0936 e. The molecule has 0 saturated carbocycles. The van der Waals surface area contributed by atoms with E-state index in [-0.39, 0.29) is 12.8 Å². The topological polar surface area (TPSA) is 45.1 Å². The van der Waals surface area contributed by atoms with Crippen LogP contribution in [0.3, 0.4) is 0 Å². The molecule has 0 amide bonds. The molecule has 16 heavy (non-hydrogen) atoms. The van der Waals surface area contributed by atoms with E-state index in [4.69, 9.17) is 5.11 Å². The van der Waals surface area contributed by atoms with Gasteiger partial charge >= 0.3 is 0 Å². The summed E-state index contributed by atoms with van der Waals surface area (Å²) in [6.07, 6.45) is 9.55. The van der Waals surface area contributed by atoms with Crippen molar-refractivity contribution in [3.63, 3.8) is 0 Å². The second-order valence-corrected chi connectivity index (χ2v) is 4.81. The molecule has 86 valence electrons. The Morgan fingerprint density at radius 1 is 1.69 bits per heavy atom. The molecule has 1 aliphatic rings. The first-order valence-corrected chi connectivity index (χ1v) is 6.30. The van der Waals surface area contributed by atoms with Gasteiger partial charge in [0.1, 0.15) is 0 Å². The first-order valence-electron chi connectivity index (χ1n) is 5.42. The van der Waals surface area contributed by atoms with Gasteiger partial charge in [-0.1, -0.05) is 18.2 Å². The molecular weight excluding hydrogens is 220 g/mol. The van der Waals surface area contributed by atoms with Crippen LogP contribution in [0.1, 0.15) is 24.1 Å². The molecule has 2 rings (SSSR count). The highest BCUT2D eigenvalue weighted by atomic mass is 32.1. The van der Waals surface area contributed by atoms with Crippen LogP contribution in [0.25, 0.3) is 0 Å². The van der Waals surface area contributed by atoms with Gasteiger partial charge in [-0.25, -0.2) is 0 Å². The molecule has 0 spiro atoms. The Balaban J connectivity index is 1.98. The molecule has 2 N–H and O–H groups in total. The van der Waals surface area contributed by atoms with E-state index in [2.05, 4.69) is 35.5 Å². The molecule has 2 atom stereocenters. The van der Waals surface area contributed by atoms with E-state index < -0.39 is 0 Å². The molecule has 0 aliphatic heterocycles. The summed E-state index contributed by atoms with van der Waals surface area (Å²) in [5.74, 6) is 0.470. The molecule has 0 bridgehead atoms. The zero-order chi connectivity index (χ0) is 11.4. The lowest BCUT2D eigenvalue weighted by Crippen LogP contribution is -2.28. The molecular formula is C12H16N2OS. The average molecular weight is 236 g/mol. The van der Waals surface area contributed by atoms with Gasteiger partial charge in [-0.3, -0.25) is 10.3 Å². The summed E-state index contributed by atoms with van der Waals surface area (Å²) in [5.41, 5.74) is 3.12. The number of aromatic nitrogens is 1. The Bertz CT molecular complexity index is 384. The number of nitrogens with one attached hydrogen (secondary N) is 1. The quantitative estimate of drug-likeness (QED) is 0.786. The predicted molar refractivity (Wildman–Crippen MR) is 66.4 cm³/mol. The minimum Gasteiger partial charge on any atom is -0.381 e. The van der Waals surface area contributed by atoms with Crippen molar-refractivity contribution in [1.29, 1.82) is 0 Å². The maximum absolute atomic E-state index is 8.80. The Morgan fingerprint density at radius 2 is 2.56 bits per heavy atom. The number of thiazole rings is 1. The maximum atomic E-state index is 8.80. The summed E-state index contributed by atoms with van der Waals surface area (Å²) >= 11 is 1.70. The minimum absolute atomic E-state index is 0.0185. The lowest BCUT2D eigenvalue weighted by Gasteiger charge is -2.19. The van der Waals surface area contributed by atoms with Gasteiger partial charge in [0.2, 0.25) is 0 Å². The Labute approximate surface area is 99.5 Å². The summed E-state index contributed by atoms with van der Waals surface area (Å²) in [6, 6.07) is 0.212. The summed E-state index contributed by atoms with van der Waals surface area (Å²) < 4.78 is 0. The van der Waals surface area contributed by atoms with Gasteiger partial charge in [0.05, 0.1) is 12.2 Å². The number of rotatable bonds is 4. The monoisotopic (exact) mass is 236 g/mol. The van der Waals surface area contributed by atoms with Crippen LogP contribution in [0.15, 0.2) is 35.5 Å². The van der Waals surface area contributed by atoms with Gasteiger partial charge in [0.25, 0.3) is 0 Å². The van der Waals surface area contributed by atoms with Crippen LogP contribution < -0.4 is 5.32 Å². The van der Waals surface area contributed by atoms with Crippen LogP contribution in [0.2, 0.25) is 0 Å². The van der Waals surface area contributed by atoms with Gasteiger partial charge in [0.15, 0.2) is 0 Å². The van der Waals surface area contributed by atoms with Gasteiger partial charge in [-0.15, -0.1) is 11.3 Å². The zero-order valence-electron chi connectivity index (χ0n) is 9.26. The molecule has 1 heterocycles. The minimum atomic E-state index is 0.0185. The lowest BCUT2D eigenvalue weighted by molar-refractivity contribution is 0.252. The summed E-state index contributed by atoms with van der Waals surface area (Å²) in [5, 5.41) is 11.8. The van der Waals surface area contributed by atoms with Gasteiger partial charge < -0.3 is 5.11 Å². The van der Waals surface area contributed by atoms with E-state index in [1.807, 2.05) is 11.7 Å². The zero-order valence-corrected chi connectivity index (χ0v) is 10.1. The highest BCUT2D eigenvalue weighted by Crippen LogP contribution is 2.29. The first-order chi connectivity index (χ1) is 7.81. The van der Waals surface area contributed by atoms with Crippen molar-refractivity contribution in [2.75, 3.05) is 6.73 Å². The molecule has 1 aromatic heterocycles. The Morgan fingerprint density at radius 3 is 3.12 bits per heavy atom. The predicted octanol–water partition coefficient (Wildman–Crippen LogP) is 2.04. The summed E-state index contributed by atoms with van der Waals surface area (Å²) in [4.78, 5) is 5.41. The van der Waals surface area contributed by atoms with Crippen molar-refractivity contribution < 1.29 is 5.11 Å². The number of hydrogen-bond acceptors (Lipinski definition) is 4. The fourth-order valence-corrected chi connectivity index (χ4v) is 2.55.